The van der Waals surface area contributed by atoms with Gasteiger partial charge in [0.15, 0.2) is 0 Å². The minimum absolute atomic E-state index is 0.483. The van der Waals surface area contributed by atoms with Crippen molar-refractivity contribution in [3.05, 3.63) is 94.5 Å². The van der Waals surface area contributed by atoms with Crippen LogP contribution in [-0.4, -0.2) is 0 Å². The average Bonchev–Trinajstić information content (AvgIpc) is 2.67. The Morgan fingerprint density at radius 3 is 2.40 bits per heavy atom. The maximum Gasteiger partial charge on any atom is 0.0406 e. The molecule has 0 spiro atoms. The summed E-state index contributed by atoms with van der Waals surface area (Å²) >= 11 is 6.08. The number of fused-ring (bicyclic) bond motifs is 5. The zero-order chi connectivity index (χ0) is 16.8. The number of halogens is 1. The summed E-state index contributed by atoms with van der Waals surface area (Å²) in [6.45, 7) is 0. The van der Waals surface area contributed by atoms with Crippen LogP contribution in [0.15, 0.2) is 72.8 Å². The highest BCUT2D eigenvalue weighted by Gasteiger charge is 2.23. The van der Waals surface area contributed by atoms with Gasteiger partial charge in [-0.3, -0.25) is 0 Å². The molecule has 1 heteroatoms. The molecule has 1 unspecified atom stereocenters. The Bertz CT molecular complexity index is 1080. The van der Waals surface area contributed by atoms with Crippen molar-refractivity contribution in [2.75, 3.05) is 0 Å². The lowest BCUT2D eigenvalue weighted by Gasteiger charge is -2.27. The first-order chi connectivity index (χ1) is 12.3. The van der Waals surface area contributed by atoms with Crippen molar-refractivity contribution >= 4 is 33.1 Å². The highest BCUT2D eigenvalue weighted by molar-refractivity contribution is 6.30. The summed E-state index contributed by atoms with van der Waals surface area (Å²) in [5, 5.41) is 6.30. The summed E-state index contributed by atoms with van der Waals surface area (Å²) in [6.07, 6.45) is 3.63. The van der Waals surface area contributed by atoms with Gasteiger partial charge in [-0.25, -0.2) is 0 Å². The molecule has 1 aliphatic carbocycles. The van der Waals surface area contributed by atoms with E-state index in [4.69, 9.17) is 11.6 Å². The molecule has 0 amide bonds. The SMILES string of the molecule is Clc1ccc(C2CCCc3c2ccc2c3ccc3ccccc32)cc1. The zero-order valence-corrected chi connectivity index (χ0v) is 14.8. The van der Waals surface area contributed by atoms with E-state index in [-0.39, 0.29) is 0 Å². The third-order valence-corrected chi connectivity index (χ3v) is 5.89. The summed E-state index contributed by atoms with van der Waals surface area (Å²) in [7, 11) is 0. The Kier molecular flexibility index (Phi) is 3.53. The normalized spacial score (nSPS) is 16.9. The molecule has 5 rings (SSSR count). The first-order valence-electron chi connectivity index (χ1n) is 9.00. The van der Waals surface area contributed by atoms with Crippen molar-refractivity contribution in [1.29, 1.82) is 0 Å². The van der Waals surface area contributed by atoms with E-state index in [1.165, 1.54) is 57.5 Å². The zero-order valence-electron chi connectivity index (χ0n) is 14.0. The van der Waals surface area contributed by atoms with Crippen LogP contribution in [-0.2, 0) is 6.42 Å². The topological polar surface area (TPSA) is 0 Å². The van der Waals surface area contributed by atoms with Gasteiger partial charge in [0.1, 0.15) is 0 Å². The lowest BCUT2D eigenvalue weighted by molar-refractivity contribution is 0.619. The van der Waals surface area contributed by atoms with E-state index in [9.17, 15) is 0 Å². The summed E-state index contributed by atoms with van der Waals surface area (Å²) < 4.78 is 0. The molecule has 0 nitrogen and oxygen atoms in total. The van der Waals surface area contributed by atoms with E-state index in [0.29, 0.717) is 5.92 Å². The Morgan fingerprint density at radius 1 is 0.720 bits per heavy atom. The van der Waals surface area contributed by atoms with Gasteiger partial charge in [0.25, 0.3) is 0 Å². The summed E-state index contributed by atoms with van der Waals surface area (Å²) in [6, 6.07) is 26.4. The van der Waals surface area contributed by atoms with Crippen LogP contribution in [0.25, 0.3) is 21.5 Å². The van der Waals surface area contributed by atoms with Gasteiger partial charge in [0.2, 0.25) is 0 Å². The van der Waals surface area contributed by atoms with Gasteiger partial charge < -0.3 is 0 Å². The minimum atomic E-state index is 0.483. The monoisotopic (exact) mass is 342 g/mol. The molecule has 0 fully saturated rings. The number of hydrogen-bond donors (Lipinski definition) is 0. The van der Waals surface area contributed by atoms with Crippen molar-refractivity contribution in [2.24, 2.45) is 0 Å². The van der Waals surface area contributed by atoms with E-state index in [0.717, 1.165) is 5.02 Å². The highest BCUT2D eigenvalue weighted by atomic mass is 35.5. The van der Waals surface area contributed by atoms with Crippen LogP contribution < -0.4 is 0 Å². The van der Waals surface area contributed by atoms with Crippen LogP contribution in [0.2, 0.25) is 5.02 Å². The highest BCUT2D eigenvalue weighted by Crippen LogP contribution is 2.41. The number of hydrogen-bond acceptors (Lipinski definition) is 0. The van der Waals surface area contributed by atoms with Crippen LogP contribution in [0.5, 0.6) is 0 Å². The number of benzene rings is 4. The summed E-state index contributed by atoms with van der Waals surface area (Å²) in [5.74, 6) is 0.483. The Morgan fingerprint density at radius 2 is 1.52 bits per heavy atom. The second-order valence-corrected chi connectivity index (χ2v) is 7.45. The lowest BCUT2D eigenvalue weighted by atomic mass is 9.77. The molecule has 1 atom stereocenters. The van der Waals surface area contributed by atoms with Crippen molar-refractivity contribution < 1.29 is 0 Å². The van der Waals surface area contributed by atoms with E-state index in [1.807, 2.05) is 12.1 Å². The predicted octanol–water partition coefficient (Wildman–Crippen LogP) is 7.11. The molecule has 0 radical (unpaired) electrons. The smallest absolute Gasteiger partial charge is 0.0406 e. The van der Waals surface area contributed by atoms with E-state index >= 15 is 0 Å². The van der Waals surface area contributed by atoms with Crippen molar-refractivity contribution in [2.45, 2.75) is 25.2 Å². The average molecular weight is 343 g/mol. The predicted molar refractivity (Wildman–Crippen MR) is 108 cm³/mol. The Balaban J connectivity index is 1.73. The van der Waals surface area contributed by atoms with Crippen LogP contribution in [0.1, 0.15) is 35.4 Å². The molecule has 0 bridgehead atoms. The molecule has 0 aromatic heterocycles. The van der Waals surface area contributed by atoms with Crippen molar-refractivity contribution in [3.63, 3.8) is 0 Å². The fourth-order valence-electron chi connectivity index (χ4n) is 4.45. The van der Waals surface area contributed by atoms with Gasteiger partial charge in [0, 0.05) is 10.9 Å². The van der Waals surface area contributed by atoms with Crippen molar-refractivity contribution in [3.8, 4) is 0 Å². The first kappa shape index (κ1) is 15.0. The van der Waals surface area contributed by atoms with Gasteiger partial charge in [-0.2, -0.15) is 0 Å². The Hall–Kier alpha value is -2.31. The number of aryl methyl sites for hydroxylation is 1. The number of rotatable bonds is 1. The second kappa shape index (κ2) is 5.89. The molecule has 0 saturated carbocycles. The third-order valence-electron chi connectivity index (χ3n) is 5.64. The second-order valence-electron chi connectivity index (χ2n) is 7.01. The standard InChI is InChI=1S/C24H19Cl/c25-18-11-8-17(9-12-18)20-6-3-7-21-22(20)14-15-23-19-5-2-1-4-16(19)10-13-24(21)23/h1-2,4-5,8-15,20H,3,6-7H2. The van der Waals surface area contributed by atoms with Gasteiger partial charge in [-0.15, -0.1) is 0 Å². The molecule has 1 aliphatic rings. The van der Waals surface area contributed by atoms with E-state index < -0.39 is 0 Å². The van der Waals surface area contributed by atoms with Crippen LogP contribution in [0.4, 0.5) is 0 Å². The Labute approximate surface area is 153 Å². The fraction of sp³-hybridized carbons (Fsp3) is 0.167. The molecule has 0 aliphatic heterocycles. The van der Waals surface area contributed by atoms with Crippen molar-refractivity contribution in [1.82, 2.24) is 0 Å². The third kappa shape index (κ3) is 2.44. The molecule has 4 aromatic rings. The largest absolute Gasteiger partial charge is 0.0843 e. The molecule has 0 N–H and O–H groups in total. The van der Waals surface area contributed by atoms with Gasteiger partial charge >= 0.3 is 0 Å². The van der Waals surface area contributed by atoms with Crippen LogP contribution in [0.3, 0.4) is 0 Å². The maximum absolute atomic E-state index is 6.08. The van der Waals surface area contributed by atoms with Gasteiger partial charge in [-0.1, -0.05) is 72.3 Å². The molecule has 0 heterocycles. The first-order valence-corrected chi connectivity index (χ1v) is 9.38. The summed E-state index contributed by atoms with van der Waals surface area (Å²) in [5.41, 5.74) is 4.41. The molecule has 0 saturated heterocycles. The van der Waals surface area contributed by atoms with Crippen LogP contribution in [0, 0.1) is 0 Å². The lowest BCUT2D eigenvalue weighted by Crippen LogP contribution is -2.11. The summed E-state index contributed by atoms with van der Waals surface area (Å²) in [4.78, 5) is 0. The van der Waals surface area contributed by atoms with Gasteiger partial charge in [0.05, 0.1) is 0 Å². The fourth-order valence-corrected chi connectivity index (χ4v) is 4.58. The maximum atomic E-state index is 6.08. The molecular formula is C24H19Cl. The van der Waals surface area contributed by atoms with Crippen LogP contribution >= 0.6 is 11.6 Å². The molecule has 25 heavy (non-hydrogen) atoms. The van der Waals surface area contributed by atoms with Gasteiger partial charge in [-0.05, 0) is 69.6 Å². The molecule has 122 valence electrons. The molecule has 4 aromatic carbocycles. The van der Waals surface area contributed by atoms with E-state index in [2.05, 4.69) is 60.7 Å². The van der Waals surface area contributed by atoms with E-state index in [1.54, 1.807) is 0 Å². The molecular weight excluding hydrogens is 324 g/mol. The minimum Gasteiger partial charge on any atom is -0.0843 e. The quantitative estimate of drug-likeness (QED) is 0.323.